The number of rotatable bonds is 2. The van der Waals surface area contributed by atoms with Gasteiger partial charge in [0.25, 0.3) is 10.1 Å². The maximum atomic E-state index is 10.8. The highest BCUT2D eigenvalue weighted by atomic mass is 32.2. The van der Waals surface area contributed by atoms with Crippen LogP contribution < -0.4 is 4.74 Å². The van der Waals surface area contributed by atoms with Crippen LogP contribution in [0.25, 0.3) is 0 Å². The van der Waals surface area contributed by atoms with Gasteiger partial charge in [-0.05, 0) is 30.7 Å². The number of aryl methyl sites for hydroxylation is 1. The summed E-state index contributed by atoms with van der Waals surface area (Å²) in [6.07, 6.45) is 0. The Morgan fingerprint density at radius 3 is 2.38 bits per heavy atom. The molecule has 0 aliphatic rings. The quantitative estimate of drug-likeness (QED) is 0.733. The molecule has 0 aliphatic carbocycles. The van der Waals surface area contributed by atoms with Crippen LogP contribution in [-0.2, 0) is 10.1 Å². The lowest BCUT2D eigenvalue weighted by Crippen LogP contribution is -2.00. The molecule has 1 aromatic carbocycles. The van der Waals surface area contributed by atoms with E-state index in [1.165, 1.54) is 19.2 Å². The van der Waals surface area contributed by atoms with Crippen molar-refractivity contribution < 1.29 is 17.7 Å². The lowest BCUT2D eigenvalue weighted by Gasteiger charge is -2.04. The van der Waals surface area contributed by atoms with Gasteiger partial charge in [-0.2, -0.15) is 8.42 Å². The van der Waals surface area contributed by atoms with Gasteiger partial charge in [0.05, 0.1) is 12.0 Å². The van der Waals surface area contributed by atoms with E-state index in [0.29, 0.717) is 11.3 Å². The van der Waals surface area contributed by atoms with Crippen LogP contribution in [0.5, 0.6) is 5.75 Å². The van der Waals surface area contributed by atoms with Gasteiger partial charge in [-0.25, -0.2) is 0 Å². The number of hydrogen-bond acceptors (Lipinski definition) is 3. The highest BCUT2D eigenvalue weighted by Gasteiger charge is 2.12. The summed E-state index contributed by atoms with van der Waals surface area (Å²) in [4.78, 5) is -0.0895. The van der Waals surface area contributed by atoms with Crippen LogP contribution in [0.1, 0.15) is 5.56 Å². The first-order chi connectivity index (χ1) is 5.95. The summed E-state index contributed by atoms with van der Waals surface area (Å²) >= 11 is 0. The average molecular weight is 202 g/mol. The van der Waals surface area contributed by atoms with Gasteiger partial charge in [-0.15, -0.1) is 0 Å². The number of benzene rings is 1. The standard InChI is InChI=1S/C8H10O4S/c1-6-5-7(12-2)3-4-8(6)13(9,10)11/h3-5H,1-2H3,(H,9,10,11). The molecule has 5 heteroatoms. The van der Waals surface area contributed by atoms with Gasteiger partial charge in [0, 0.05) is 0 Å². The highest BCUT2D eigenvalue weighted by molar-refractivity contribution is 7.85. The van der Waals surface area contributed by atoms with Crippen LogP contribution in [0.4, 0.5) is 0 Å². The molecular weight excluding hydrogens is 192 g/mol. The molecule has 0 heterocycles. The van der Waals surface area contributed by atoms with Crippen molar-refractivity contribution >= 4 is 10.1 Å². The number of methoxy groups -OCH3 is 1. The molecule has 0 saturated carbocycles. The lowest BCUT2D eigenvalue weighted by molar-refractivity contribution is 0.414. The Bertz CT molecular complexity index is 408. The lowest BCUT2D eigenvalue weighted by atomic mass is 10.2. The Morgan fingerprint density at radius 1 is 1.38 bits per heavy atom. The molecule has 0 atom stereocenters. The Balaban J connectivity index is 3.29. The zero-order chi connectivity index (χ0) is 10.1. The summed E-state index contributed by atoms with van der Waals surface area (Å²) in [6.45, 7) is 1.59. The van der Waals surface area contributed by atoms with Gasteiger partial charge in [0.2, 0.25) is 0 Å². The second-order valence-electron chi connectivity index (χ2n) is 2.61. The van der Waals surface area contributed by atoms with E-state index in [1.807, 2.05) is 0 Å². The van der Waals surface area contributed by atoms with E-state index in [2.05, 4.69) is 0 Å². The Kier molecular flexibility index (Phi) is 2.58. The van der Waals surface area contributed by atoms with Crippen molar-refractivity contribution in [3.05, 3.63) is 23.8 Å². The molecule has 1 rings (SSSR count). The predicted octanol–water partition coefficient (Wildman–Crippen LogP) is 1.25. The summed E-state index contributed by atoms with van der Waals surface area (Å²) in [7, 11) is -2.63. The smallest absolute Gasteiger partial charge is 0.294 e. The molecule has 0 spiro atoms. The molecule has 72 valence electrons. The topological polar surface area (TPSA) is 63.6 Å². The molecule has 0 aromatic heterocycles. The fraction of sp³-hybridized carbons (Fsp3) is 0.250. The first-order valence-electron chi connectivity index (χ1n) is 3.57. The molecular formula is C8H10O4S. The number of hydrogen-bond donors (Lipinski definition) is 1. The zero-order valence-corrected chi connectivity index (χ0v) is 8.13. The molecule has 0 aliphatic heterocycles. The maximum Gasteiger partial charge on any atom is 0.294 e. The third-order valence-corrected chi connectivity index (χ3v) is 2.67. The SMILES string of the molecule is COc1ccc(S(=O)(=O)O)c(C)c1. The van der Waals surface area contributed by atoms with Crippen LogP contribution >= 0.6 is 0 Å². The van der Waals surface area contributed by atoms with Crippen LogP contribution in [0.3, 0.4) is 0 Å². The summed E-state index contributed by atoms with van der Waals surface area (Å²) in [6, 6.07) is 4.34. The fourth-order valence-electron chi connectivity index (χ4n) is 1.04. The molecule has 0 saturated heterocycles. The molecule has 0 bridgehead atoms. The molecule has 13 heavy (non-hydrogen) atoms. The third-order valence-electron chi connectivity index (χ3n) is 1.66. The van der Waals surface area contributed by atoms with Gasteiger partial charge < -0.3 is 4.74 Å². The van der Waals surface area contributed by atoms with Crippen molar-refractivity contribution in [2.75, 3.05) is 7.11 Å². The largest absolute Gasteiger partial charge is 0.497 e. The first-order valence-corrected chi connectivity index (χ1v) is 5.01. The van der Waals surface area contributed by atoms with Gasteiger partial charge in [-0.1, -0.05) is 0 Å². The van der Waals surface area contributed by atoms with E-state index < -0.39 is 10.1 Å². The second kappa shape index (κ2) is 3.35. The normalized spacial score (nSPS) is 11.3. The summed E-state index contributed by atoms with van der Waals surface area (Å²) < 4.78 is 35.2. The van der Waals surface area contributed by atoms with Gasteiger partial charge >= 0.3 is 0 Å². The monoisotopic (exact) mass is 202 g/mol. The van der Waals surface area contributed by atoms with E-state index in [-0.39, 0.29) is 4.90 Å². The summed E-state index contributed by atoms with van der Waals surface area (Å²) in [5.74, 6) is 0.560. The molecule has 0 fully saturated rings. The molecule has 0 unspecified atom stereocenters. The molecule has 0 radical (unpaired) electrons. The minimum atomic E-state index is -4.11. The van der Waals surface area contributed by atoms with Gasteiger partial charge in [0.1, 0.15) is 5.75 Å². The Morgan fingerprint density at radius 2 is 2.00 bits per heavy atom. The fourth-order valence-corrected chi connectivity index (χ4v) is 1.74. The van der Waals surface area contributed by atoms with Crippen molar-refractivity contribution in [3.8, 4) is 5.75 Å². The van der Waals surface area contributed by atoms with Crippen LogP contribution in [0.2, 0.25) is 0 Å². The Hall–Kier alpha value is -1.07. The molecule has 4 nitrogen and oxygen atoms in total. The summed E-state index contributed by atoms with van der Waals surface area (Å²) in [5.41, 5.74) is 0.460. The Labute approximate surface area is 76.9 Å². The van der Waals surface area contributed by atoms with E-state index >= 15 is 0 Å². The van der Waals surface area contributed by atoms with E-state index in [4.69, 9.17) is 9.29 Å². The van der Waals surface area contributed by atoms with Crippen molar-refractivity contribution in [2.45, 2.75) is 11.8 Å². The van der Waals surface area contributed by atoms with Crippen LogP contribution in [0.15, 0.2) is 23.1 Å². The third kappa shape index (κ3) is 2.19. The highest BCUT2D eigenvalue weighted by Crippen LogP contribution is 2.20. The van der Waals surface area contributed by atoms with Crippen molar-refractivity contribution in [3.63, 3.8) is 0 Å². The van der Waals surface area contributed by atoms with E-state index in [9.17, 15) is 8.42 Å². The van der Waals surface area contributed by atoms with E-state index in [0.717, 1.165) is 0 Å². The summed E-state index contributed by atoms with van der Waals surface area (Å²) in [5, 5.41) is 0. The van der Waals surface area contributed by atoms with E-state index in [1.54, 1.807) is 13.0 Å². The van der Waals surface area contributed by atoms with Gasteiger partial charge in [0.15, 0.2) is 0 Å². The predicted molar refractivity (Wildman–Crippen MR) is 47.5 cm³/mol. The first kappa shape index (κ1) is 10.0. The van der Waals surface area contributed by atoms with Crippen molar-refractivity contribution in [2.24, 2.45) is 0 Å². The van der Waals surface area contributed by atoms with Crippen molar-refractivity contribution in [1.82, 2.24) is 0 Å². The average Bonchev–Trinajstić information content (AvgIpc) is 2.01. The van der Waals surface area contributed by atoms with Crippen molar-refractivity contribution in [1.29, 1.82) is 0 Å². The van der Waals surface area contributed by atoms with Crippen LogP contribution in [0, 0.1) is 6.92 Å². The maximum absolute atomic E-state index is 10.8. The zero-order valence-electron chi connectivity index (χ0n) is 7.31. The second-order valence-corrected chi connectivity index (χ2v) is 4.00. The molecule has 1 N–H and O–H groups in total. The minimum Gasteiger partial charge on any atom is -0.497 e. The minimum absolute atomic E-state index is 0.0895. The van der Waals surface area contributed by atoms with Gasteiger partial charge in [-0.3, -0.25) is 4.55 Å². The molecule has 0 amide bonds. The molecule has 1 aromatic rings. The number of ether oxygens (including phenoxy) is 1. The van der Waals surface area contributed by atoms with Crippen LogP contribution in [-0.4, -0.2) is 20.1 Å².